The van der Waals surface area contributed by atoms with Crippen LogP contribution in [0.5, 0.6) is 0 Å². The van der Waals surface area contributed by atoms with Gasteiger partial charge in [-0.15, -0.1) is 0 Å². The van der Waals surface area contributed by atoms with Gasteiger partial charge in [-0.2, -0.15) is 0 Å². The normalized spacial score (nSPS) is 20.7. The van der Waals surface area contributed by atoms with E-state index >= 15 is 0 Å². The van der Waals surface area contributed by atoms with Crippen LogP contribution in [0.25, 0.3) is 0 Å². The minimum atomic E-state index is 0.821. The number of hydrogen-bond donors (Lipinski definition) is 0. The Morgan fingerprint density at radius 3 is 3.15 bits per heavy atom. The second-order valence-electron chi connectivity index (χ2n) is 4.14. The van der Waals surface area contributed by atoms with Gasteiger partial charge < -0.3 is 4.90 Å². The van der Waals surface area contributed by atoms with E-state index < -0.39 is 0 Å². The molecule has 0 aromatic carbocycles. The topological polar surface area (TPSA) is 3.24 Å². The zero-order valence-corrected chi connectivity index (χ0v) is 9.23. The molecule has 0 saturated heterocycles. The average Bonchev–Trinajstić information content (AvgIpc) is 2.60. The summed E-state index contributed by atoms with van der Waals surface area (Å²) in [5.74, 6) is 0.821. The van der Waals surface area contributed by atoms with Crippen LogP contribution in [0.3, 0.4) is 0 Å². The maximum Gasteiger partial charge on any atom is 0.0753 e. The van der Waals surface area contributed by atoms with E-state index in [-0.39, 0.29) is 0 Å². The van der Waals surface area contributed by atoms with Crippen LogP contribution in [0.15, 0.2) is 22.2 Å². The van der Waals surface area contributed by atoms with Gasteiger partial charge in [0.2, 0.25) is 0 Å². The molecule has 0 aliphatic carbocycles. The van der Waals surface area contributed by atoms with Gasteiger partial charge in [-0.3, -0.25) is 0 Å². The van der Waals surface area contributed by atoms with Gasteiger partial charge in [-0.1, -0.05) is 31.7 Å². The third-order valence-corrected chi connectivity index (χ3v) is 3.60. The van der Waals surface area contributed by atoms with Gasteiger partial charge in [0, 0.05) is 12.2 Å². The Hall–Kier alpha value is -0.370. The van der Waals surface area contributed by atoms with Crippen molar-refractivity contribution in [2.75, 3.05) is 6.54 Å². The minimum Gasteiger partial charge on any atom is -0.339 e. The Balaban J connectivity index is 1.90. The quantitative estimate of drug-likeness (QED) is 0.677. The van der Waals surface area contributed by atoms with Gasteiger partial charge in [0.05, 0.1) is 5.03 Å². The molecule has 2 aliphatic heterocycles. The minimum absolute atomic E-state index is 0.821. The van der Waals surface area contributed by atoms with E-state index in [1.54, 1.807) is 5.70 Å². The zero-order chi connectivity index (χ0) is 9.26. The highest BCUT2D eigenvalue weighted by molar-refractivity contribution is 8.06. The molecule has 0 bridgehead atoms. The van der Waals surface area contributed by atoms with Crippen molar-refractivity contribution in [3.8, 4) is 0 Å². The second kappa shape index (κ2) is 3.79. The summed E-state index contributed by atoms with van der Waals surface area (Å²) < 4.78 is 0. The number of allylic oxidation sites excluding steroid dienone is 1. The number of thioether (sulfide) groups is 1. The van der Waals surface area contributed by atoms with Crippen LogP contribution in [-0.2, 0) is 0 Å². The van der Waals surface area contributed by atoms with Crippen molar-refractivity contribution in [1.82, 2.24) is 4.90 Å². The molecular weight excluding hydrogens is 178 g/mol. The van der Waals surface area contributed by atoms with E-state index in [0.29, 0.717) is 0 Å². The molecule has 0 fully saturated rings. The van der Waals surface area contributed by atoms with Crippen molar-refractivity contribution in [2.45, 2.75) is 33.1 Å². The van der Waals surface area contributed by atoms with E-state index in [4.69, 9.17) is 0 Å². The van der Waals surface area contributed by atoms with E-state index in [9.17, 15) is 0 Å². The zero-order valence-electron chi connectivity index (χ0n) is 8.42. The molecule has 0 aromatic heterocycles. The van der Waals surface area contributed by atoms with Crippen LogP contribution in [0, 0.1) is 5.92 Å². The maximum absolute atomic E-state index is 2.48. The van der Waals surface area contributed by atoms with Crippen molar-refractivity contribution in [3.05, 3.63) is 22.2 Å². The lowest BCUT2D eigenvalue weighted by molar-refractivity contribution is 0.453. The van der Waals surface area contributed by atoms with Crippen molar-refractivity contribution in [2.24, 2.45) is 5.92 Å². The smallest absolute Gasteiger partial charge is 0.0753 e. The van der Waals surface area contributed by atoms with Crippen LogP contribution in [0.2, 0.25) is 0 Å². The maximum atomic E-state index is 2.48. The highest BCUT2D eigenvalue weighted by Gasteiger charge is 2.23. The van der Waals surface area contributed by atoms with Crippen molar-refractivity contribution < 1.29 is 0 Å². The number of fused-ring (bicyclic) bond motifs is 1. The van der Waals surface area contributed by atoms with Gasteiger partial charge in [0.15, 0.2) is 0 Å². The van der Waals surface area contributed by atoms with Crippen molar-refractivity contribution in [1.29, 1.82) is 0 Å². The van der Waals surface area contributed by atoms with Crippen LogP contribution in [-0.4, -0.2) is 11.4 Å². The summed E-state index contributed by atoms with van der Waals surface area (Å²) in [7, 11) is 0. The summed E-state index contributed by atoms with van der Waals surface area (Å²) in [5.41, 5.74) is 1.54. The largest absolute Gasteiger partial charge is 0.339 e. The molecular formula is C11H17NS. The Labute approximate surface area is 84.9 Å². The fourth-order valence-electron chi connectivity index (χ4n) is 1.76. The average molecular weight is 195 g/mol. The SMILES string of the molecule is CC(C)CCC1=CSC2=CCCN12. The summed E-state index contributed by atoms with van der Waals surface area (Å²) in [6.07, 6.45) is 6.16. The molecule has 0 spiro atoms. The lowest BCUT2D eigenvalue weighted by atomic mass is 10.1. The summed E-state index contributed by atoms with van der Waals surface area (Å²) in [4.78, 5) is 2.48. The van der Waals surface area contributed by atoms with E-state index in [2.05, 4.69) is 30.2 Å². The molecule has 0 radical (unpaired) electrons. The molecule has 1 nitrogen and oxygen atoms in total. The highest BCUT2D eigenvalue weighted by atomic mass is 32.2. The van der Waals surface area contributed by atoms with Gasteiger partial charge in [-0.25, -0.2) is 0 Å². The molecule has 0 amide bonds. The molecule has 0 aromatic rings. The fraction of sp³-hybridized carbons (Fsp3) is 0.636. The molecule has 0 unspecified atom stereocenters. The van der Waals surface area contributed by atoms with Crippen molar-refractivity contribution in [3.63, 3.8) is 0 Å². The molecule has 2 heterocycles. The first-order valence-electron chi connectivity index (χ1n) is 5.11. The summed E-state index contributed by atoms with van der Waals surface area (Å²) in [6.45, 7) is 5.80. The van der Waals surface area contributed by atoms with Crippen LogP contribution in [0.4, 0.5) is 0 Å². The molecule has 72 valence electrons. The fourth-order valence-corrected chi connectivity index (χ4v) is 2.81. The first-order valence-corrected chi connectivity index (χ1v) is 5.99. The van der Waals surface area contributed by atoms with Gasteiger partial charge >= 0.3 is 0 Å². The molecule has 2 heteroatoms. The molecule has 2 rings (SSSR count). The molecule has 0 N–H and O–H groups in total. The van der Waals surface area contributed by atoms with Crippen molar-refractivity contribution >= 4 is 11.8 Å². The Morgan fingerprint density at radius 1 is 1.54 bits per heavy atom. The van der Waals surface area contributed by atoms with Crippen LogP contribution < -0.4 is 0 Å². The third-order valence-electron chi connectivity index (χ3n) is 2.58. The lowest BCUT2D eigenvalue weighted by Gasteiger charge is -2.18. The van der Waals surface area contributed by atoms with E-state index in [1.165, 1.54) is 30.8 Å². The monoisotopic (exact) mass is 195 g/mol. The summed E-state index contributed by atoms with van der Waals surface area (Å²) in [6, 6.07) is 0. The third kappa shape index (κ3) is 1.93. The first-order chi connectivity index (χ1) is 6.27. The molecule has 2 aliphatic rings. The molecule has 0 atom stereocenters. The van der Waals surface area contributed by atoms with E-state index in [1.807, 2.05) is 11.8 Å². The van der Waals surface area contributed by atoms with E-state index in [0.717, 1.165) is 5.92 Å². The highest BCUT2D eigenvalue weighted by Crippen LogP contribution is 2.39. The predicted molar refractivity (Wildman–Crippen MR) is 59.2 cm³/mol. The van der Waals surface area contributed by atoms with Crippen LogP contribution in [0.1, 0.15) is 33.1 Å². The predicted octanol–water partition coefficient (Wildman–Crippen LogP) is 3.56. The Kier molecular flexibility index (Phi) is 2.68. The van der Waals surface area contributed by atoms with Crippen LogP contribution >= 0.6 is 11.8 Å². The lowest BCUT2D eigenvalue weighted by Crippen LogP contribution is -2.14. The molecule has 13 heavy (non-hydrogen) atoms. The summed E-state index contributed by atoms with van der Waals surface area (Å²) in [5, 5.41) is 3.80. The van der Waals surface area contributed by atoms with Gasteiger partial charge in [0.25, 0.3) is 0 Å². The Morgan fingerprint density at radius 2 is 2.38 bits per heavy atom. The van der Waals surface area contributed by atoms with Gasteiger partial charge in [0.1, 0.15) is 0 Å². The first kappa shape index (κ1) is 9.20. The number of rotatable bonds is 3. The number of nitrogens with zero attached hydrogens (tertiary/aromatic N) is 1. The number of hydrogen-bond acceptors (Lipinski definition) is 2. The second-order valence-corrected chi connectivity index (χ2v) is 5.03. The summed E-state index contributed by atoms with van der Waals surface area (Å²) >= 11 is 1.90. The molecule has 0 saturated carbocycles. The standard InChI is InChI=1S/C11H17NS/c1-9(2)5-6-10-8-13-11-4-3-7-12(10)11/h4,8-9H,3,5-7H2,1-2H3. The van der Waals surface area contributed by atoms with Gasteiger partial charge in [-0.05, 0) is 30.6 Å². The Bertz CT molecular complexity index is 253.